The summed E-state index contributed by atoms with van der Waals surface area (Å²) in [6.45, 7) is 2.92. The minimum atomic E-state index is 0.494. The molecule has 0 saturated carbocycles. The summed E-state index contributed by atoms with van der Waals surface area (Å²) in [6.07, 6.45) is 2.13. The van der Waals surface area contributed by atoms with Gasteiger partial charge in [0.15, 0.2) is 0 Å². The summed E-state index contributed by atoms with van der Waals surface area (Å²) >= 11 is 11.8. The standard InChI is InChI=1S/C11H15Cl2N/c1-8(3-2-6-14)9-4-5-10(12)11(13)7-9/h4-5,7-8H,2-3,6,14H2,1H3. The van der Waals surface area contributed by atoms with E-state index in [1.165, 1.54) is 5.56 Å². The Morgan fingerprint density at radius 2 is 2.00 bits per heavy atom. The Labute approximate surface area is 95.2 Å². The maximum atomic E-state index is 5.94. The maximum Gasteiger partial charge on any atom is 0.0595 e. The van der Waals surface area contributed by atoms with Gasteiger partial charge in [0.25, 0.3) is 0 Å². The fourth-order valence-corrected chi connectivity index (χ4v) is 1.72. The first-order valence-corrected chi connectivity index (χ1v) is 5.55. The number of halogens is 2. The zero-order valence-corrected chi connectivity index (χ0v) is 9.78. The predicted octanol–water partition coefficient (Wildman–Crippen LogP) is 3.84. The number of hydrogen-bond donors (Lipinski definition) is 1. The molecule has 2 N–H and O–H groups in total. The fourth-order valence-electron chi connectivity index (χ4n) is 1.41. The molecule has 0 aliphatic heterocycles. The van der Waals surface area contributed by atoms with Crippen LogP contribution in [0.5, 0.6) is 0 Å². The van der Waals surface area contributed by atoms with Crippen LogP contribution in [0.25, 0.3) is 0 Å². The summed E-state index contributed by atoms with van der Waals surface area (Å²) in [5.41, 5.74) is 6.69. The highest BCUT2D eigenvalue weighted by atomic mass is 35.5. The molecule has 1 rings (SSSR count). The van der Waals surface area contributed by atoms with Crippen molar-refractivity contribution in [2.45, 2.75) is 25.7 Å². The minimum absolute atomic E-state index is 0.494. The second-order valence-electron chi connectivity index (χ2n) is 3.51. The molecular weight excluding hydrogens is 217 g/mol. The van der Waals surface area contributed by atoms with Crippen LogP contribution in [-0.4, -0.2) is 6.54 Å². The molecule has 0 spiro atoms. The Morgan fingerprint density at radius 3 is 2.57 bits per heavy atom. The Hall–Kier alpha value is -0.240. The maximum absolute atomic E-state index is 5.94. The van der Waals surface area contributed by atoms with Crippen LogP contribution in [0.3, 0.4) is 0 Å². The molecule has 0 aromatic heterocycles. The summed E-state index contributed by atoms with van der Waals surface area (Å²) in [6, 6.07) is 5.80. The molecule has 0 aliphatic rings. The van der Waals surface area contributed by atoms with Gasteiger partial charge >= 0.3 is 0 Å². The van der Waals surface area contributed by atoms with Gasteiger partial charge in [0.05, 0.1) is 10.0 Å². The van der Waals surface area contributed by atoms with E-state index >= 15 is 0 Å². The second-order valence-corrected chi connectivity index (χ2v) is 4.32. The van der Waals surface area contributed by atoms with Gasteiger partial charge in [0.1, 0.15) is 0 Å². The van der Waals surface area contributed by atoms with Gasteiger partial charge in [-0.05, 0) is 43.0 Å². The number of hydrogen-bond acceptors (Lipinski definition) is 1. The number of benzene rings is 1. The largest absolute Gasteiger partial charge is 0.330 e. The zero-order chi connectivity index (χ0) is 10.6. The normalized spacial score (nSPS) is 12.9. The molecule has 1 nitrogen and oxygen atoms in total. The van der Waals surface area contributed by atoms with Crippen molar-refractivity contribution in [1.29, 1.82) is 0 Å². The lowest BCUT2D eigenvalue weighted by Gasteiger charge is -2.11. The highest BCUT2D eigenvalue weighted by Gasteiger charge is 2.06. The van der Waals surface area contributed by atoms with Gasteiger partial charge in [-0.1, -0.05) is 36.2 Å². The van der Waals surface area contributed by atoms with E-state index in [0.29, 0.717) is 16.0 Å². The molecule has 1 atom stereocenters. The van der Waals surface area contributed by atoms with Crippen molar-refractivity contribution >= 4 is 23.2 Å². The lowest BCUT2D eigenvalue weighted by atomic mass is 9.96. The summed E-state index contributed by atoms with van der Waals surface area (Å²) in [5.74, 6) is 0.494. The highest BCUT2D eigenvalue weighted by Crippen LogP contribution is 2.28. The van der Waals surface area contributed by atoms with Crippen LogP contribution >= 0.6 is 23.2 Å². The predicted molar refractivity (Wildman–Crippen MR) is 63.2 cm³/mol. The summed E-state index contributed by atoms with van der Waals surface area (Å²) in [7, 11) is 0. The molecule has 3 heteroatoms. The van der Waals surface area contributed by atoms with Gasteiger partial charge in [-0.15, -0.1) is 0 Å². The summed E-state index contributed by atoms with van der Waals surface area (Å²) in [5, 5.41) is 1.24. The van der Waals surface area contributed by atoms with Crippen molar-refractivity contribution in [1.82, 2.24) is 0 Å². The van der Waals surface area contributed by atoms with Crippen molar-refractivity contribution < 1.29 is 0 Å². The van der Waals surface area contributed by atoms with Crippen LogP contribution in [0.1, 0.15) is 31.2 Å². The van der Waals surface area contributed by atoms with Crippen LogP contribution in [0.15, 0.2) is 18.2 Å². The molecule has 0 bridgehead atoms. The quantitative estimate of drug-likeness (QED) is 0.838. The van der Waals surface area contributed by atoms with Crippen LogP contribution in [0.2, 0.25) is 10.0 Å². The molecule has 78 valence electrons. The van der Waals surface area contributed by atoms with E-state index < -0.39 is 0 Å². The average molecular weight is 232 g/mol. The first-order valence-electron chi connectivity index (χ1n) is 4.80. The highest BCUT2D eigenvalue weighted by molar-refractivity contribution is 6.42. The molecule has 0 aliphatic carbocycles. The topological polar surface area (TPSA) is 26.0 Å². The first-order chi connectivity index (χ1) is 6.65. The smallest absolute Gasteiger partial charge is 0.0595 e. The Morgan fingerprint density at radius 1 is 1.29 bits per heavy atom. The molecule has 0 amide bonds. The van der Waals surface area contributed by atoms with Gasteiger partial charge in [-0.3, -0.25) is 0 Å². The Kier molecular flexibility index (Phi) is 4.73. The minimum Gasteiger partial charge on any atom is -0.330 e. The summed E-state index contributed by atoms with van der Waals surface area (Å²) < 4.78 is 0. The molecule has 14 heavy (non-hydrogen) atoms. The molecule has 1 unspecified atom stereocenters. The fraction of sp³-hybridized carbons (Fsp3) is 0.455. The van der Waals surface area contributed by atoms with Crippen molar-refractivity contribution in [3.05, 3.63) is 33.8 Å². The lowest BCUT2D eigenvalue weighted by molar-refractivity contribution is 0.641. The number of rotatable bonds is 4. The molecular formula is C11H15Cl2N. The first kappa shape index (κ1) is 11.8. The molecule has 1 aromatic carbocycles. The van der Waals surface area contributed by atoms with E-state index in [4.69, 9.17) is 28.9 Å². The Bertz CT molecular complexity index is 299. The third kappa shape index (κ3) is 3.16. The third-order valence-electron chi connectivity index (χ3n) is 2.35. The second kappa shape index (κ2) is 5.59. The number of nitrogens with two attached hydrogens (primary N) is 1. The molecule has 1 aromatic rings. The van der Waals surface area contributed by atoms with Gasteiger partial charge in [0.2, 0.25) is 0 Å². The van der Waals surface area contributed by atoms with Crippen molar-refractivity contribution in [3.8, 4) is 0 Å². The Balaban J connectivity index is 2.70. The van der Waals surface area contributed by atoms with E-state index in [9.17, 15) is 0 Å². The average Bonchev–Trinajstić information content (AvgIpc) is 2.18. The van der Waals surface area contributed by atoms with E-state index in [2.05, 4.69) is 6.92 Å². The van der Waals surface area contributed by atoms with Gasteiger partial charge in [-0.25, -0.2) is 0 Å². The third-order valence-corrected chi connectivity index (χ3v) is 3.09. The van der Waals surface area contributed by atoms with E-state index in [1.54, 1.807) is 0 Å². The van der Waals surface area contributed by atoms with Crippen molar-refractivity contribution in [2.24, 2.45) is 5.73 Å². The van der Waals surface area contributed by atoms with E-state index in [0.717, 1.165) is 19.4 Å². The molecule has 0 saturated heterocycles. The monoisotopic (exact) mass is 231 g/mol. The van der Waals surface area contributed by atoms with Gasteiger partial charge < -0.3 is 5.73 Å². The molecule has 0 heterocycles. The van der Waals surface area contributed by atoms with Gasteiger partial charge in [-0.2, -0.15) is 0 Å². The van der Waals surface area contributed by atoms with E-state index in [1.807, 2.05) is 18.2 Å². The van der Waals surface area contributed by atoms with Crippen molar-refractivity contribution in [2.75, 3.05) is 6.54 Å². The summed E-state index contributed by atoms with van der Waals surface area (Å²) in [4.78, 5) is 0. The van der Waals surface area contributed by atoms with Gasteiger partial charge in [0, 0.05) is 0 Å². The van der Waals surface area contributed by atoms with Crippen LogP contribution in [-0.2, 0) is 0 Å². The SMILES string of the molecule is CC(CCCN)c1ccc(Cl)c(Cl)c1. The molecule has 0 radical (unpaired) electrons. The van der Waals surface area contributed by atoms with Crippen molar-refractivity contribution in [3.63, 3.8) is 0 Å². The van der Waals surface area contributed by atoms with Crippen LogP contribution in [0.4, 0.5) is 0 Å². The lowest BCUT2D eigenvalue weighted by Crippen LogP contribution is -2.01. The van der Waals surface area contributed by atoms with Crippen LogP contribution < -0.4 is 5.73 Å². The van der Waals surface area contributed by atoms with Crippen LogP contribution in [0, 0.1) is 0 Å². The van der Waals surface area contributed by atoms with E-state index in [-0.39, 0.29) is 0 Å². The zero-order valence-electron chi connectivity index (χ0n) is 8.26. The molecule has 0 fully saturated rings.